The van der Waals surface area contributed by atoms with Crippen LogP contribution in [0.5, 0.6) is 0 Å². The maximum Gasteiger partial charge on any atom is 0.308 e. The number of carbonyl (C=O) groups is 1. The summed E-state index contributed by atoms with van der Waals surface area (Å²) in [6, 6.07) is 7.06. The standard InChI is InChI=1S/C14H16N2O4S/c1-2-13-12(14(17)18)7-8-16(13)21(19,20)11-5-3-10(9-15)4-6-11/h3-6,12-13H,2,7-8H2,1H3,(H,17,18). The number of carboxylic acids is 1. The monoisotopic (exact) mass is 308 g/mol. The highest BCUT2D eigenvalue weighted by atomic mass is 32.2. The van der Waals surface area contributed by atoms with Gasteiger partial charge in [0, 0.05) is 12.6 Å². The minimum Gasteiger partial charge on any atom is -0.481 e. The van der Waals surface area contributed by atoms with Crippen molar-refractivity contribution >= 4 is 16.0 Å². The lowest BCUT2D eigenvalue weighted by atomic mass is 9.99. The van der Waals surface area contributed by atoms with Crippen molar-refractivity contribution < 1.29 is 18.3 Å². The Morgan fingerprint density at radius 1 is 1.43 bits per heavy atom. The average Bonchev–Trinajstić information content (AvgIpc) is 2.92. The Kier molecular flexibility index (Phi) is 4.30. The number of hydrogen-bond acceptors (Lipinski definition) is 4. The van der Waals surface area contributed by atoms with Crippen molar-refractivity contribution in [3.05, 3.63) is 29.8 Å². The van der Waals surface area contributed by atoms with Crippen molar-refractivity contribution in [2.24, 2.45) is 5.92 Å². The maximum absolute atomic E-state index is 12.6. The van der Waals surface area contributed by atoms with E-state index in [1.807, 2.05) is 6.07 Å². The highest BCUT2D eigenvalue weighted by Gasteiger charge is 2.43. The molecule has 1 aromatic rings. The van der Waals surface area contributed by atoms with E-state index in [1.54, 1.807) is 6.92 Å². The Balaban J connectivity index is 2.35. The zero-order chi connectivity index (χ0) is 15.6. The van der Waals surface area contributed by atoms with Gasteiger partial charge >= 0.3 is 5.97 Å². The molecule has 0 radical (unpaired) electrons. The van der Waals surface area contributed by atoms with Crippen LogP contribution >= 0.6 is 0 Å². The van der Waals surface area contributed by atoms with E-state index in [4.69, 9.17) is 5.26 Å². The molecule has 0 amide bonds. The average molecular weight is 308 g/mol. The van der Waals surface area contributed by atoms with Crippen molar-refractivity contribution in [3.63, 3.8) is 0 Å². The van der Waals surface area contributed by atoms with Crippen molar-refractivity contribution in [2.45, 2.75) is 30.7 Å². The first-order valence-corrected chi connectivity index (χ1v) is 8.10. The zero-order valence-corrected chi connectivity index (χ0v) is 12.4. The normalized spacial score (nSPS) is 22.9. The number of carboxylic acid groups (broad SMARTS) is 1. The van der Waals surface area contributed by atoms with Gasteiger partial charge in [-0.25, -0.2) is 8.42 Å². The summed E-state index contributed by atoms with van der Waals surface area (Å²) in [5.41, 5.74) is 0.380. The predicted octanol–water partition coefficient (Wildman–Crippen LogP) is 1.43. The molecule has 21 heavy (non-hydrogen) atoms. The van der Waals surface area contributed by atoms with E-state index in [0.717, 1.165) is 0 Å². The van der Waals surface area contributed by atoms with Crippen molar-refractivity contribution in [1.29, 1.82) is 5.26 Å². The molecule has 1 heterocycles. The molecule has 2 rings (SSSR count). The number of hydrogen-bond donors (Lipinski definition) is 1. The lowest BCUT2D eigenvalue weighted by Crippen LogP contribution is -2.39. The van der Waals surface area contributed by atoms with E-state index in [0.29, 0.717) is 18.4 Å². The third-order valence-electron chi connectivity index (χ3n) is 3.82. The van der Waals surface area contributed by atoms with Gasteiger partial charge < -0.3 is 5.11 Å². The fraction of sp³-hybridized carbons (Fsp3) is 0.429. The molecular weight excluding hydrogens is 292 g/mol. The molecule has 1 saturated heterocycles. The van der Waals surface area contributed by atoms with E-state index in [-0.39, 0.29) is 11.4 Å². The lowest BCUT2D eigenvalue weighted by molar-refractivity contribution is -0.142. The molecule has 0 aliphatic carbocycles. The molecule has 1 aliphatic heterocycles. The molecule has 2 unspecified atom stereocenters. The van der Waals surface area contributed by atoms with Gasteiger partial charge in [-0.1, -0.05) is 6.92 Å². The molecule has 112 valence electrons. The van der Waals surface area contributed by atoms with Gasteiger partial charge in [-0.15, -0.1) is 0 Å². The maximum atomic E-state index is 12.6. The van der Waals surface area contributed by atoms with E-state index in [1.165, 1.54) is 28.6 Å². The van der Waals surface area contributed by atoms with Gasteiger partial charge in [0.15, 0.2) is 0 Å². The summed E-state index contributed by atoms with van der Waals surface area (Å²) in [7, 11) is -3.73. The van der Waals surface area contributed by atoms with E-state index in [2.05, 4.69) is 0 Å². The van der Waals surface area contributed by atoms with Crippen LogP contribution in [0, 0.1) is 17.2 Å². The van der Waals surface area contributed by atoms with Gasteiger partial charge in [0.25, 0.3) is 0 Å². The Hall–Kier alpha value is -1.91. The summed E-state index contributed by atoms with van der Waals surface area (Å²) in [5, 5.41) is 17.9. The predicted molar refractivity (Wildman–Crippen MR) is 74.9 cm³/mol. The minimum atomic E-state index is -3.73. The fourth-order valence-electron chi connectivity index (χ4n) is 2.74. The second-order valence-corrected chi connectivity index (χ2v) is 6.85. The summed E-state index contributed by atoms with van der Waals surface area (Å²) in [4.78, 5) is 11.3. The van der Waals surface area contributed by atoms with Crippen LogP contribution in [0.2, 0.25) is 0 Å². The Morgan fingerprint density at radius 3 is 2.52 bits per heavy atom. The van der Waals surface area contributed by atoms with E-state index < -0.39 is 28.0 Å². The van der Waals surface area contributed by atoms with Crippen molar-refractivity contribution in [1.82, 2.24) is 4.31 Å². The smallest absolute Gasteiger partial charge is 0.308 e. The summed E-state index contributed by atoms with van der Waals surface area (Å²) in [6.45, 7) is 1.99. The van der Waals surface area contributed by atoms with Gasteiger partial charge in [-0.2, -0.15) is 9.57 Å². The molecule has 0 saturated carbocycles. The first kappa shape index (κ1) is 15.5. The summed E-state index contributed by atoms with van der Waals surface area (Å²) >= 11 is 0. The van der Waals surface area contributed by atoms with Gasteiger partial charge in [0.05, 0.1) is 22.4 Å². The van der Waals surface area contributed by atoms with Crippen LogP contribution in [0.25, 0.3) is 0 Å². The first-order valence-electron chi connectivity index (χ1n) is 6.66. The zero-order valence-electron chi connectivity index (χ0n) is 11.6. The van der Waals surface area contributed by atoms with Crippen LogP contribution in [0.1, 0.15) is 25.3 Å². The first-order chi connectivity index (χ1) is 9.91. The van der Waals surface area contributed by atoms with Gasteiger partial charge in [-0.05, 0) is 37.1 Å². The molecule has 0 bridgehead atoms. The molecule has 0 spiro atoms. The molecule has 1 aliphatic rings. The fourth-order valence-corrected chi connectivity index (χ4v) is 4.49. The van der Waals surface area contributed by atoms with Crippen LogP contribution < -0.4 is 0 Å². The third-order valence-corrected chi connectivity index (χ3v) is 5.76. The molecule has 0 aromatic heterocycles. The van der Waals surface area contributed by atoms with Gasteiger partial charge in [0.2, 0.25) is 10.0 Å². The molecular formula is C14H16N2O4S. The lowest BCUT2D eigenvalue weighted by Gasteiger charge is -2.25. The number of benzene rings is 1. The second kappa shape index (κ2) is 5.84. The van der Waals surface area contributed by atoms with Gasteiger partial charge in [0.1, 0.15) is 0 Å². The van der Waals surface area contributed by atoms with Crippen LogP contribution in [-0.4, -0.2) is 36.4 Å². The number of nitriles is 1. The highest BCUT2D eigenvalue weighted by molar-refractivity contribution is 7.89. The molecule has 2 atom stereocenters. The number of sulfonamides is 1. The minimum absolute atomic E-state index is 0.0889. The SMILES string of the molecule is CCC1C(C(=O)O)CCN1S(=O)(=O)c1ccc(C#N)cc1. The van der Waals surface area contributed by atoms with E-state index >= 15 is 0 Å². The summed E-state index contributed by atoms with van der Waals surface area (Å²) in [6.07, 6.45) is 0.774. The number of aliphatic carboxylic acids is 1. The molecule has 1 aromatic carbocycles. The molecule has 6 nitrogen and oxygen atoms in total. The Morgan fingerprint density at radius 2 is 2.05 bits per heavy atom. The number of rotatable bonds is 4. The molecule has 1 N–H and O–H groups in total. The Bertz CT molecular complexity index is 676. The Labute approximate surface area is 123 Å². The number of nitrogens with zero attached hydrogens (tertiary/aromatic N) is 2. The molecule has 7 heteroatoms. The third kappa shape index (κ3) is 2.77. The van der Waals surface area contributed by atoms with Crippen LogP contribution in [0.3, 0.4) is 0 Å². The van der Waals surface area contributed by atoms with Crippen LogP contribution in [-0.2, 0) is 14.8 Å². The van der Waals surface area contributed by atoms with Crippen molar-refractivity contribution in [3.8, 4) is 6.07 Å². The highest BCUT2D eigenvalue weighted by Crippen LogP contribution is 2.32. The summed E-state index contributed by atoms with van der Waals surface area (Å²) < 4.78 is 26.5. The van der Waals surface area contributed by atoms with Gasteiger partial charge in [-0.3, -0.25) is 4.79 Å². The molecule has 1 fully saturated rings. The largest absolute Gasteiger partial charge is 0.481 e. The quantitative estimate of drug-likeness (QED) is 0.907. The topological polar surface area (TPSA) is 98.5 Å². The van der Waals surface area contributed by atoms with Crippen molar-refractivity contribution in [2.75, 3.05) is 6.54 Å². The van der Waals surface area contributed by atoms with E-state index in [9.17, 15) is 18.3 Å². The van der Waals surface area contributed by atoms with Crippen LogP contribution in [0.4, 0.5) is 0 Å². The second-order valence-electron chi connectivity index (χ2n) is 4.96. The summed E-state index contributed by atoms with van der Waals surface area (Å²) in [5.74, 6) is -1.62. The van der Waals surface area contributed by atoms with Crippen LogP contribution in [0.15, 0.2) is 29.2 Å².